The number of benzene rings is 1. The van der Waals surface area contributed by atoms with Crippen molar-refractivity contribution in [3.05, 3.63) is 35.9 Å². The van der Waals surface area contributed by atoms with E-state index in [0.717, 1.165) is 6.92 Å². The Morgan fingerprint density at radius 2 is 1.38 bits per heavy atom. The van der Waals surface area contributed by atoms with Gasteiger partial charge in [-0.05, 0) is 95.5 Å². The van der Waals surface area contributed by atoms with Crippen LogP contribution < -0.4 is 70.0 Å². The minimum Gasteiger partial charge on any atom is -0.453 e. The molecular formula is C62H103N15O19. The van der Waals surface area contributed by atoms with Gasteiger partial charge in [-0.2, -0.15) is 0 Å². The number of amides is 11. The fraction of sp³-hybridized carbons (Fsp3) is 0.694. The fourth-order valence-corrected chi connectivity index (χ4v) is 10.4. The van der Waals surface area contributed by atoms with E-state index in [1.165, 1.54) is 49.1 Å². The molecule has 2 aliphatic rings. The third-order valence-corrected chi connectivity index (χ3v) is 15.8. The molecule has 2 aliphatic heterocycles. The second-order valence-corrected chi connectivity index (χ2v) is 26.3. The number of guanidine groups is 1. The van der Waals surface area contributed by atoms with Crippen molar-refractivity contribution in [1.29, 1.82) is 5.41 Å². The van der Waals surface area contributed by atoms with Crippen LogP contribution >= 0.6 is 0 Å². The van der Waals surface area contributed by atoms with Crippen molar-refractivity contribution in [3.63, 3.8) is 0 Å². The van der Waals surface area contributed by atoms with Gasteiger partial charge in [0.05, 0.1) is 31.4 Å². The molecule has 34 nitrogen and oxygen atoms in total. The molecular weight excluding hydrogens is 1260 g/mol. The van der Waals surface area contributed by atoms with E-state index in [2.05, 4.69) is 47.9 Å². The van der Waals surface area contributed by atoms with E-state index in [4.69, 9.17) is 26.4 Å². The Hall–Kier alpha value is -8.31. The lowest BCUT2D eigenvalue weighted by Gasteiger charge is -2.34. The number of nitrogens with two attached hydrogens (primary N) is 2. The highest BCUT2D eigenvalue weighted by Crippen LogP contribution is 2.26. The number of hydrogen-bond donors (Lipinski definition) is 19. The summed E-state index contributed by atoms with van der Waals surface area (Å²) in [7, 11) is 0. The molecule has 34 heteroatoms. The molecule has 1 aromatic rings. The largest absolute Gasteiger partial charge is 0.453 e. The van der Waals surface area contributed by atoms with Gasteiger partial charge >= 0.3 is 12.1 Å². The summed E-state index contributed by atoms with van der Waals surface area (Å²) >= 11 is 0. The highest BCUT2D eigenvalue weighted by Gasteiger charge is 2.45. The number of carbonyl (C=O) groups is 12. The second-order valence-electron chi connectivity index (χ2n) is 26.3. The number of esters is 1. The highest BCUT2D eigenvalue weighted by molar-refractivity contribution is 5.99. The molecule has 3 rings (SSSR count). The third kappa shape index (κ3) is 25.7. The molecule has 540 valence electrons. The standard InChI is InChI=1S/C62H103N15O19/c1-13-32(8)41-55(89)74-42(33(9)79)54(88)67-27-40(80)72-44(47(82)49(63)83)57(91)71-38(28-78)59(93)95-48(34-19-15-14-16-20-34)45(76-52(86)37(26-30(4)5)69-53(87)39-22-18-24-77(39)61(94)96-62(10,11)12)58(92)75-43(46(81)31(6)7)56(90)70-36(25-29(2)3)51(85)68-35(50(84)73-41)21-17-23-66-60(64)65/h14-16,19-20,29-33,35-39,41-48,55,74,78-79,81-82,89H,13,17-18,21-28H2,1-12H3,(H2,63,83)(H,67,88)(H,68,85)(H,69,87)(H,70,90)(H,71,91)(H,72,80)(H,73,84)(H,75,92)(H,76,86)(H4,64,65,66)/t32-,33-,35+,36-,37-,38-,39+,41-,42-,43-,44-,45-,46+,47-,48+,55?/m0/s1. The van der Waals surface area contributed by atoms with Crippen LogP contribution in [-0.4, -0.2) is 224 Å². The maximum absolute atomic E-state index is 15.5. The maximum atomic E-state index is 15.5. The van der Waals surface area contributed by atoms with Crippen LogP contribution in [0.4, 0.5) is 4.79 Å². The van der Waals surface area contributed by atoms with Crippen molar-refractivity contribution in [3.8, 4) is 0 Å². The van der Waals surface area contributed by atoms with Crippen molar-refractivity contribution in [2.45, 2.75) is 225 Å². The molecule has 0 spiro atoms. The van der Waals surface area contributed by atoms with Crippen molar-refractivity contribution < 1.29 is 92.5 Å². The molecule has 0 bridgehead atoms. The number of hydrogen-bond acceptors (Lipinski definition) is 21. The van der Waals surface area contributed by atoms with Crippen LogP contribution in [0.15, 0.2) is 30.3 Å². The lowest BCUT2D eigenvalue weighted by molar-refractivity contribution is -0.159. The topological polar surface area (TPSA) is 536 Å². The van der Waals surface area contributed by atoms with Gasteiger partial charge in [-0.25, -0.2) is 9.59 Å². The van der Waals surface area contributed by atoms with E-state index >= 15 is 14.4 Å². The average Bonchev–Trinajstić information content (AvgIpc) is 0.853. The van der Waals surface area contributed by atoms with E-state index in [0.29, 0.717) is 6.42 Å². The molecule has 21 N–H and O–H groups in total. The van der Waals surface area contributed by atoms with Crippen molar-refractivity contribution in [2.24, 2.45) is 35.1 Å². The minimum absolute atomic E-state index is 0.0211. The van der Waals surface area contributed by atoms with E-state index < -0.39 is 205 Å². The van der Waals surface area contributed by atoms with Gasteiger partial charge in [0.1, 0.15) is 60.2 Å². The second kappa shape index (κ2) is 38.4. The Kier molecular flexibility index (Phi) is 32.8. The Morgan fingerprint density at radius 1 is 0.771 bits per heavy atom. The summed E-state index contributed by atoms with van der Waals surface area (Å²) in [5.41, 5.74) is 9.84. The summed E-state index contributed by atoms with van der Waals surface area (Å²) in [5, 5.41) is 90.8. The molecule has 0 aliphatic carbocycles. The monoisotopic (exact) mass is 1360 g/mol. The number of nitrogens with one attached hydrogen (secondary N) is 12. The number of aliphatic hydroxyl groups is 5. The number of rotatable bonds is 21. The van der Waals surface area contributed by atoms with E-state index in [-0.39, 0.29) is 63.1 Å². The summed E-state index contributed by atoms with van der Waals surface area (Å²) in [6.45, 7) is 16.9. The lowest BCUT2D eigenvalue weighted by Crippen LogP contribution is -2.64. The van der Waals surface area contributed by atoms with Gasteiger partial charge < -0.3 is 99.6 Å². The zero-order valence-corrected chi connectivity index (χ0v) is 56.7. The summed E-state index contributed by atoms with van der Waals surface area (Å²) < 4.78 is 11.5. The SMILES string of the molecule is CC[C@H](C)[C@@H]1NC(=O)[C@@H](CCCNC(=N)N)NC(=O)[C@H](CC(C)C)NC(=O)[C@H]([C@H](O)C(C)C)NC(=O)[C@@H](NC(=O)[C@H](CC(C)C)NC(=O)[C@H]2CCCN2C(=O)OC(C)(C)C)[C@@H](c2ccccc2)OC(=O)[C@H](CO)NC(=O)[C@H]([C@H](O)C(N)=O)NC(=O)CNC(=O)[C@H]([C@H](C)O)NC1O. The van der Waals surface area contributed by atoms with Gasteiger partial charge in [0, 0.05) is 13.1 Å². The van der Waals surface area contributed by atoms with E-state index in [9.17, 15) is 68.7 Å². The smallest absolute Gasteiger partial charge is 0.410 e. The van der Waals surface area contributed by atoms with Gasteiger partial charge in [-0.3, -0.25) is 63.6 Å². The van der Waals surface area contributed by atoms with Crippen molar-refractivity contribution in [1.82, 2.24) is 63.4 Å². The average molecular weight is 1360 g/mol. The summed E-state index contributed by atoms with van der Waals surface area (Å²) in [5.74, 6) is -16.3. The zero-order valence-electron chi connectivity index (χ0n) is 56.7. The molecule has 0 aromatic heterocycles. The number of ether oxygens (including phenoxy) is 2. The van der Waals surface area contributed by atoms with Gasteiger partial charge in [0.25, 0.3) is 0 Å². The predicted octanol–water partition coefficient (Wildman–Crippen LogP) is -4.41. The van der Waals surface area contributed by atoms with Crippen molar-refractivity contribution >= 4 is 77.1 Å². The first-order chi connectivity index (χ1) is 44.8. The summed E-state index contributed by atoms with van der Waals surface area (Å²) in [4.78, 5) is 172. The predicted molar refractivity (Wildman–Crippen MR) is 345 cm³/mol. The molecule has 0 saturated carbocycles. The van der Waals surface area contributed by atoms with Crippen LogP contribution in [0, 0.1) is 29.1 Å². The highest BCUT2D eigenvalue weighted by atomic mass is 16.6. The van der Waals surface area contributed by atoms with Gasteiger partial charge in [-0.1, -0.05) is 92.1 Å². The molecule has 11 amide bonds. The Bertz CT molecular complexity index is 2840. The van der Waals surface area contributed by atoms with E-state index in [1.807, 2.05) is 10.6 Å². The van der Waals surface area contributed by atoms with Gasteiger partial charge in [-0.15, -0.1) is 0 Å². The summed E-state index contributed by atoms with van der Waals surface area (Å²) in [6.07, 6.45) is -10.4. The molecule has 2 saturated heterocycles. The van der Waals surface area contributed by atoms with Crippen LogP contribution in [0.1, 0.15) is 140 Å². The Balaban J connectivity index is 2.41. The van der Waals surface area contributed by atoms with Crippen LogP contribution in [0.2, 0.25) is 0 Å². The normalized spacial score (nSPS) is 26.1. The van der Waals surface area contributed by atoms with Gasteiger partial charge in [0.15, 0.2) is 24.2 Å². The Labute approximate surface area is 558 Å². The van der Waals surface area contributed by atoms with Crippen LogP contribution in [0.3, 0.4) is 0 Å². The maximum Gasteiger partial charge on any atom is 0.410 e. The lowest BCUT2D eigenvalue weighted by atomic mass is 9.95. The summed E-state index contributed by atoms with van der Waals surface area (Å²) in [6, 6.07) is -10.7. The van der Waals surface area contributed by atoms with Crippen LogP contribution in [0.25, 0.3) is 0 Å². The number of cyclic esters (lactones) is 1. The minimum atomic E-state index is -2.58. The zero-order chi connectivity index (χ0) is 72.6. The molecule has 0 radical (unpaired) electrons. The first-order valence-corrected chi connectivity index (χ1v) is 32.2. The third-order valence-electron chi connectivity index (χ3n) is 15.8. The molecule has 2 heterocycles. The van der Waals surface area contributed by atoms with Gasteiger partial charge in [0.2, 0.25) is 59.1 Å². The van der Waals surface area contributed by atoms with E-state index in [1.54, 1.807) is 62.3 Å². The van der Waals surface area contributed by atoms with Crippen LogP contribution in [0.5, 0.6) is 0 Å². The molecule has 16 atom stereocenters. The van der Waals surface area contributed by atoms with Crippen molar-refractivity contribution in [2.75, 3.05) is 26.2 Å². The first kappa shape index (κ1) is 81.9. The number of aliphatic hydroxyl groups excluding tert-OH is 5. The number of primary amides is 1. The molecule has 1 aromatic carbocycles. The molecule has 1 unspecified atom stereocenters. The number of carbonyl (C=O) groups excluding carboxylic acids is 12. The Morgan fingerprint density at radius 3 is 1.93 bits per heavy atom. The molecule has 2 fully saturated rings. The molecule has 96 heavy (non-hydrogen) atoms. The fourth-order valence-electron chi connectivity index (χ4n) is 10.4. The van der Waals surface area contributed by atoms with Crippen LogP contribution in [-0.2, 0) is 62.2 Å². The number of nitrogens with zero attached hydrogens (tertiary/aromatic N) is 1. The first-order valence-electron chi connectivity index (χ1n) is 32.2. The quantitative estimate of drug-likeness (QED) is 0.0239. The number of likely N-dealkylation sites (tertiary alicyclic amines) is 1.